The first kappa shape index (κ1) is 21.4. The van der Waals surface area contributed by atoms with E-state index < -0.39 is 72.8 Å². The van der Waals surface area contributed by atoms with E-state index in [0.717, 1.165) is 6.26 Å². The molecule has 0 aromatic carbocycles. The van der Waals surface area contributed by atoms with Gasteiger partial charge in [0, 0.05) is 13.3 Å². The van der Waals surface area contributed by atoms with Gasteiger partial charge in [-0.3, -0.25) is 4.79 Å². The topological polar surface area (TPSA) is 175 Å². The summed E-state index contributed by atoms with van der Waals surface area (Å²) in [6.07, 6.45) is -8.06. The zero-order valence-electron chi connectivity index (χ0n) is 15.4. The van der Waals surface area contributed by atoms with E-state index >= 15 is 0 Å². The maximum Gasteiger partial charge on any atom is 0.303 e. The van der Waals surface area contributed by atoms with E-state index in [1.807, 2.05) is 0 Å². The maximum absolute atomic E-state index is 11.6. The van der Waals surface area contributed by atoms with E-state index in [9.17, 15) is 35.4 Å². The van der Waals surface area contributed by atoms with Crippen LogP contribution in [0.15, 0.2) is 12.3 Å². The van der Waals surface area contributed by atoms with Gasteiger partial charge in [-0.15, -0.1) is 0 Å². The minimum absolute atomic E-state index is 0.101. The lowest BCUT2D eigenvalue weighted by Gasteiger charge is -2.45. The lowest BCUT2D eigenvalue weighted by atomic mass is 9.81. The second-order valence-corrected chi connectivity index (χ2v) is 7.63. The highest BCUT2D eigenvalue weighted by Gasteiger charge is 2.66. The molecule has 0 spiro atoms. The van der Waals surface area contributed by atoms with Gasteiger partial charge < -0.3 is 49.6 Å². The Balaban J connectivity index is 1.87. The third kappa shape index (κ3) is 3.42. The van der Waals surface area contributed by atoms with Crippen LogP contribution in [0.3, 0.4) is 0 Å². The minimum Gasteiger partial charge on any atom is -0.472 e. The first-order valence-corrected chi connectivity index (χ1v) is 8.92. The van der Waals surface area contributed by atoms with Crippen molar-refractivity contribution in [3.8, 4) is 0 Å². The zero-order chi connectivity index (χ0) is 20.9. The molecule has 2 heterocycles. The second kappa shape index (κ2) is 7.50. The van der Waals surface area contributed by atoms with Crippen molar-refractivity contribution in [2.45, 2.75) is 74.6 Å². The summed E-state index contributed by atoms with van der Waals surface area (Å²) in [5.41, 5.74) is -3.22. The highest BCUT2D eigenvalue weighted by molar-refractivity contribution is 5.66. The van der Waals surface area contributed by atoms with Crippen molar-refractivity contribution in [3.05, 3.63) is 12.3 Å². The van der Waals surface area contributed by atoms with Crippen molar-refractivity contribution in [3.63, 3.8) is 0 Å². The van der Waals surface area contributed by atoms with E-state index in [0.29, 0.717) is 0 Å². The van der Waals surface area contributed by atoms with Gasteiger partial charge in [0.1, 0.15) is 35.6 Å². The van der Waals surface area contributed by atoms with Crippen molar-refractivity contribution >= 4 is 5.97 Å². The Morgan fingerprint density at radius 3 is 2.46 bits per heavy atom. The number of carbonyl (C=O) groups is 1. The van der Waals surface area contributed by atoms with Gasteiger partial charge in [-0.2, -0.15) is 0 Å². The van der Waals surface area contributed by atoms with Crippen LogP contribution in [0.25, 0.3) is 0 Å². The predicted octanol–water partition coefficient (Wildman–Crippen LogP) is -2.89. The van der Waals surface area contributed by atoms with Crippen LogP contribution in [-0.2, 0) is 23.7 Å². The number of esters is 1. The standard InChI is InChI=1S/C17H26O11/c1-7(19)28-16(2)5-9(20)17(24)3-4-25-15(13(16)17)27-14-12(23)11(22)10(21)8(6-18)26-14/h3-4,8-15,18,20-24H,5-6H2,1-2H3/t8-,9-,10+,11+,12+,13+,14+,15-,16+,17-/m0/s1. The molecule has 2 fully saturated rings. The quantitative estimate of drug-likeness (QED) is 0.264. The molecular weight excluding hydrogens is 380 g/mol. The molecular formula is C17H26O11. The predicted molar refractivity (Wildman–Crippen MR) is 88.1 cm³/mol. The van der Waals surface area contributed by atoms with Gasteiger partial charge >= 0.3 is 5.97 Å². The summed E-state index contributed by atoms with van der Waals surface area (Å²) in [6.45, 7) is 2.04. The molecule has 11 heteroatoms. The largest absolute Gasteiger partial charge is 0.472 e. The van der Waals surface area contributed by atoms with Gasteiger partial charge in [-0.05, 0) is 13.0 Å². The van der Waals surface area contributed by atoms with Gasteiger partial charge in [0.25, 0.3) is 0 Å². The molecule has 0 amide bonds. The van der Waals surface area contributed by atoms with E-state index in [2.05, 4.69) is 0 Å². The maximum atomic E-state index is 11.6. The lowest BCUT2D eigenvalue weighted by Crippen LogP contribution is -2.62. The zero-order valence-corrected chi connectivity index (χ0v) is 15.4. The highest BCUT2D eigenvalue weighted by atomic mass is 16.8. The number of aliphatic hydroxyl groups excluding tert-OH is 5. The molecule has 160 valence electrons. The molecule has 1 saturated heterocycles. The van der Waals surface area contributed by atoms with Crippen LogP contribution in [0.1, 0.15) is 20.3 Å². The average molecular weight is 406 g/mol. The molecule has 0 aromatic rings. The minimum atomic E-state index is -1.85. The summed E-state index contributed by atoms with van der Waals surface area (Å²) in [5.74, 6) is -1.74. The number of ether oxygens (including phenoxy) is 4. The van der Waals surface area contributed by atoms with Crippen molar-refractivity contribution in [1.29, 1.82) is 0 Å². The fraction of sp³-hybridized carbons (Fsp3) is 0.824. The van der Waals surface area contributed by atoms with Gasteiger partial charge in [0.15, 0.2) is 6.29 Å². The number of carbonyl (C=O) groups excluding carboxylic acids is 1. The number of hydrogen-bond donors (Lipinski definition) is 6. The average Bonchev–Trinajstić information content (AvgIpc) is 2.81. The molecule has 0 bridgehead atoms. The van der Waals surface area contributed by atoms with Crippen molar-refractivity contribution in [2.24, 2.45) is 5.92 Å². The SMILES string of the molecule is CC(=O)O[C@]1(C)C[C@H](O)[C@@]2(O)C=CO[C@@H](O[C@H]3O[C@@H](CO)[C@@H](O)[C@@H](O)[C@H]3O)[C@@H]21. The molecule has 28 heavy (non-hydrogen) atoms. The van der Waals surface area contributed by atoms with Crippen LogP contribution in [-0.4, -0.2) is 97.5 Å². The van der Waals surface area contributed by atoms with E-state index in [1.54, 1.807) is 0 Å². The third-order valence-corrected chi connectivity index (χ3v) is 5.60. The van der Waals surface area contributed by atoms with Crippen molar-refractivity contribution in [2.75, 3.05) is 6.61 Å². The summed E-state index contributed by atoms with van der Waals surface area (Å²) in [4.78, 5) is 11.6. The molecule has 11 nitrogen and oxygen atoms in total. The van der Waals surface area contributed by atoms with Gasteiger partial charge in [0.05, 0.1) is 24.9 Å². The monoisotopic (exact) mass is 406 g/mol. The molecule has 6 N–H and O–H groups in total. The van der Waals surface area contributed by atoms with Crippen LogP contribution in [0.2, 0.25) is 0 Å². The smallest absolute Gasteiger partial charge is 0.303 e. The van der Waals surface area contributed by atoms with E-state index in [1.165, 1.54) is 19.9 Å². The molecule has 10 atom stereocenters. The van der Waals surface area contributed by atoms with Gasteiger partial charge in [-0.1, -0.05) is 0 Å². The molecule has 3 aliphatic rings. The molecule has 2 aliphatic heterocycles. The van der Waals surface area contributed by atoms with Crippen molar-refractivity contribution in [1.82, 2.24) is 0 Å². The van der Waals surface area contributed by atoms with E-state index in [-0.39, 0.29) is 6.42 Å². The second-order valence-electron chi connectivity index (χ2n) is 7.63. The number of hydrogen-bond acceptors (Lipinski definition) is 11. The Kier molecular flexibility index (Phi) is 5.73. The molecule has 1 aliphatic carbocycles. The molecule has 0 radical (unpaired) electrons. The number of fused-ring (bicyclic) bond motifs is 1. The summed E-state index contributed by atoms with van der Waals surface area (Å²) in [7, 11) is 0. The number of rotatable bonds is 4. The first-order chi connectivity index (χ1) is 13.0. The Morgan fingerprint density at radius 2 is 1.86 bits per heavy atom. The van der Waals surface area contributed by atoms with Crippen molar-refractivity contribution < 1.29 is 54.4 Å². The first-order valence-electron chi connectivity index (χ1n) is 8.92. The lowest BCUT2D eigenvalue weighted by molar-refractivity contribution is -0.351. The van der Waals surface area contributed by atoms with Crippen LogP contribution in [0.4, 0.5) is 0 Å². The summed E-state index contributed by atoms with van der Waals surface area (Å²) in [5, 5.41) is 60.6. The molecule has 3 rings (SSSR count). The summed E-state index contributed by atoms with van der Waals surface area (Å²) < 4.78 is 21.7. The highest BCUT2D eigenvalue weighted by Crippen LogP contribution is 2.51. The van der Waals surface area contributed by atoms with Crippen LogP contribution in [0, 0.1) is 5.92 Å². The molecule has 0 unspecified atom stereocenters. The van der Waals surface area contributed by atoms with Crippen LogP contribution >= 0.6 is 0 Å². The fourth-order valence-corrected chi connectivity index (χ4v) is 4.25. The van der Waals surface area contributed by atoms with Gasteiger partial charge in [0.2, 0.25) is 6.29 Å². The fourth-order valence-electron chi connectivity index (χ4n) is 4.25. The van der Waals surface area contributed by atoms with Crippen LogP contribution in [0.5, 0.6) is 0 Å². The van der Waals surface area contributed by atoms with E-state index in [4.69, 9.17) is 18.9 Å². The summed E-state index contributed by atoms with van der Waals surface area (Å²) >= 11 is 0. The third-order valence-electron chi connectivity index (χ3n) is 5.60. The van der Waals surface area contributed by atoms with Gasteiger partial charge in [-0.25, -0.2) is 0 Å². The Labute approximate surface area is 160 Å². The number of aliphatic hydroxyl groups is 6. The Morgan fingerprint density at radius 1 is 1.18 bits per heavy atom. The van der Waals surface area contributed by atoms with Crippen LogP contribution < -0.4 is 0 Å². The Hall–Kier alpha value is -1.31. The summed E-state index contributed by atoms with van der Waals surface area (Å²) in [6, 6.07) is 0. The normalized spacial score (nSPS) is 50.7. The Bertz CT molecular complexity index is 624. The molecule has 1 saturated carbocycles. The molecule has 0 aromatic heterocycles.